The van der Waals surface area contributed by atoms with E-state index >= 15 is 0 Å². The smallest absolute Gasteiger partial charge is 0.230 e. The average molecular weight is 382 g/mol. The van der Waals surface area contributed by atoms with E-state index < -0.39 is 9.04 Å². The topological polar surface area (TPSA) is 9.23 Å². The Morgan fingerprint density at radius 2 is 1.72 bits per heavy atom. The van der Waals surface area contributed by atoms with Crippen LogP contribution in [0, 0.1) is 10.8 Å². The molecule has 0 spiro atoms. The Hall–Kier alpha value is 0.487. The Balaban J connectivity index is 4.87. The van der Waals surface area contributed by atoms with Crippen LogP contribution in [0.1, 0.15) is 60.3 Å². The minimum atomic E-state index is -0.981. The van der Waals surface area contributed by atoms with E-state index in [9.17, 15) is 0 Å². The van der Waals surface area contributed by atoms with Gasteiger partial charge in [-0.2, -0.15) is 0 Å². The third-order valence-electron chi connectivity index (χ3n) is 3.79. The van der Waals surface area contributed by atoms with Crippen molar-refractivity contribution in [3.05, 3.63) is 9.84 Å². The third kappa shape index (κ3) is 6.59. The van der Waals surface area contributed by atoms with Crippen LogP contribution in [0.2, 0.25) is 13.1 Å². The molecule has 18 heavy (non-hydrogen) atoms. The molecule has 0 aliphatic rings. The van der Waals surface area contributed by atoms with Crippen molar-refractivity contribution in [3.8, 4) is 0 Å². The molecule has 0 aromatic carbocycles. The van der Waals surface area contributed by atoms with Crippen molar-refractivity contribution in [1.29, 1.82) is 0 Å². The van der Waals surface area contributed by atoms with Gasteiger partial charge in [0.25, 0.3) is 0 Å². The van der Waals surface area contributed by atoms with Crippen LogP contribution in [0.5, 0.6) is 0 Å². The van der Waals surface area contributed by atoms with Gasteiger partial charge < -0.3 is 4.43 Å². The Morgan fingerprint density at radius 1 is 1.17 bits per heavy atom. The van der Waals surface area contributed by atoms with Crippen molar-refractivity contribution in [2.24, 2.45) is 10.8 Å². The summed E-state index contributed by atoms with van der Waals surface area (Å²) in [6.07, 6.45) is 7.55. The van der Waals surface area contributed by atoms with Crippen molar-refractivity contribution in [1.82, 2.24) is 0 Å². The van der Waals surface area contributed by atoms with E-state index in [1.54, 1.807) is 0 Å². The first kappa shape index (κ1) is 18.5. The van der Waals surface area contributed by atoms with Gasteiger partial charge in [-0.1, -0.05) is 53.9 Å². The summed E-state index contributed by atoms with van der Waals surface area (Å²) in [7, 11) is -0.981. The largest absolute Gasteiger partial charge is 0.543 e. The number of rotatable bonds is 7. The van der Waals surface area contributed by atoms with Crippen LogP contribution in [0.15, 0.2) is 9.84 Å². The van der Waals surface area contributed by atoms with Gasteiger partial charge in [-0.3, -0.25) is 0 Å². The zero-order chi connectivity index (χ0) is 14.4. The summed E-state index contributed by atoms with van der Waals surface area (Å²) in [6, 6.07) is 0. The van der Waals surface area contributed by atoms with Crippen LogP contribution in [-0.2, 0) is 4.43 Å². The highest BCUT2D eigenvalue weighted by molar-refractivity contribution is 14.1. The molecule has 0 heterocycles. The van der Waals surface area contributed by atoms with Gasteiger partial charge in [-0.05, 0) is 59.0 Å². The Kier molecular flexibility index (Phi) is 8.14. The molecule has 108 valence electrons. The van der Waals surface area contributed by atoms with E-state index in [1.807, 2.05) is 0 Å². The van der Waals surface area contributed by atoms with Crippen molar-refractivity contribution >= 4 is 31.6 Å². The summed E-state index contributed by atoms with van der Waals surface area (Å²) in [5, 5.41) is 0. The van der Waals surface area contributed by atoms with Gasteiger partial charge in [0.15, 0.2) is 0 Å². The summed E-state index contributed by atoms with van der Waals surface area (Å²) in [4.78, 5) is 0. The number of hydrogen-bond donors (Lipinski definition) is 0. The Labute approximate surface area is 130 Å². The predicted octanol–water partition coefficient (Wildman–Crippen LogP) is 5.90. The molecule has 0 aromatic rings. The minimum absolute atomic E-state index is 0.224. The molecule has 0 saturated carbocycles. The molecule has 0 bridgehead atoms. The van der Waals surface area contributed by atoms with Crippen molar-refractivity contribution in [3.63, 3.8) is 0 Å². The van der Waals surface area contributed by atoms with Gasteiger partial charge in [0.05, 0.1) is 0 Å². The zero-order valence-electron chi connectivity index (χ0n) is 13.3. The molecular weight excluding hydrogens is 351 g/mol. The van der Waals surface area contributed by atoms with Crippen LogP contribution in [0.4, 0.5) is 0 Å². The number of hydrogen-bond acceptors (Lipinski definition) is 1. The molecular formula is C15H31IOSi. The molecule has 0 radical (unpaired) electrons. The van der Waals surface area contributed by atoms with Gasteiger partial charge in [0.2, 0.25) is 9.04 Å². The second kappa shape index (κ2) is 7.93. The molecule has 0 saturated heterocycles. The van der Waals surface area contributed by atoms with E-state index in [0.717, 1.165) is 3.77 Å². The van der Waals surface area contributed by atoms with Gasteiger partial charge in [0.1, 0.15) is 3.77 Å². The van der Waals surface area contributed by atoms with Gasteiger partial charge in [-0.15, -0.1) is 0 Å². The summed E-state index contributed by atoms with van der Waals surface area (Å²) < 4.78 is 7.03. The Bertz CT molecular complexity index is 268. The Morgan fingerprint density at radius 3 is 2.11 bits per heavy atom. The van der Waals surface area contributed by atoms with E-state index in [4.69, 9.17) is 4.43 Å². The minimum Gasteiger partial charge on any atom is -0.543 e. The lowest BCUT2D eigenvalue weighted by Crippen LogP contribution is -2.31. The van der Waals surface area contributed by atoms with Gasteiger partial charge in [0, 0.05) is 0 Å². The van der Waals surface area contributed by atoms with Crippen LogP contribution in [0.25, 0.3) is 0 Å². The SMILES string of the molecule is CCCCCC(C)(C=C(I)O[SiH](C)C)C(C)(C)C. The summed E-state index contributed by atoms with van der Waals surface area (Å²) >= 11 is 2.36. The molecule has 0 rings (SSSR count). The highest BCUT2D eigenvalue weighted by Gasteiger charge is 2.35. The number of halogens is 1. The summed E-state index contributed by atoms with van der Waals surface area (Å²) in [6.45, 7) is 16.1. The average Bonchev–Trinajstić information content (AvgIpc) is 2.14. The van der Waals surface area contributed by atoms with E-state index in [1.165, 1.54) is 25.7 Å². The normalized spacial score (nSPS) is 16.8. The van der Waals surface area contributed by atoms with Crippen molar-refractivity contribution in [2.45, 2.75) is 73.4 Å². The fourth-order valence-corrected chi connectivity index (χ4v) is 4.65. The molecule has 0 fully saturated rings. The van der Waals surface area contributed by atoms with Crippen LogP contribution in [-0.4, -0.2) is 9.04 Å². The predicted molar refractivity (Wildman–Crippen MR) is 93.8 cm³/mol. The van der Waals surface area contributed by atoms with Gasteiger partial charge >= 0.3 is 0 Å². The second-order valence-electron chi connectivity index (χ2n) is 6.74. The first-order valence-corrected chi connectivity index (χ1v) is 11.0. The van der Waals surface area contributed by atoms with Crippen molar-refractivity contribution in [2.75, 3.05) is 0 Å². The molecule has 0 amide bonds. The molecule has 0 N–H and O–H groups in total. The lowest BCUT2D eigenvalue weighted by molar-refractivity contribution is 0.148. The number of unbranched alkanes of at least 4 members (excludes halogenated alkanes) is 2. The van der Waals surface area contributed by atoms with E-state index in [0.29, 0.717) is 0 Å². The molecule has 3 heteroatoms. The van der Waals surface area contributed by atoms with E-state index in [-0.39, 0.29) is 10.8 Å². The standard InChI is InChI=1S/C15H31IOSi/c1-8-9-10-11-15(5,14(2,3)4)12-13(16)17-18(6)7/h12,18H,8-11H2,1-7H3. The number of allylic oxidation sites excluding steroid dienone is 1. The second-order valence-corrected chi connectivity index (χ2v) is 10.1. The quantitative estimate of drug-likeness (QED) is 0.231. The fourth-order valence-electron chi connectivity index (χ4n) is 1.92. The molecule has 0 aromatic heterocycles. The van der Waals surface area contributed by atoms with Crippen LogP contribution < -0.4 is 0 Å². The van der Waals surface area contributed by atoms with Gasteiger partial charge in [-0.25, -0.2) is 0 Å². The zero-order valence-corrected chi connectivity index (χ0v) is 16.6. The maximum Gasteiger partial charge on any atom is 0.230 e. The lowest BCUT2D eigenvalue weighted by atomic mass is 9.65. The molecule has 0 aliphatic heterocycles. The fraction of sp³-hybridized carbons (Fsp3) is 0.867. The van der Waals surface area contributed by atoms with Crippen molar-refractivity contribution < 1.29 is 4.43 Å². The van der Waals surface area contributed by atoms with Crippen LogP contribution in [0.3, 0.4) is 0 Å². The summed E-state index contributed by atoms with van der Waals surface area (Å²) in [5.41, 5.74) is 0.501. The molecule has 1 unspecified atom stereocenters. The first-order valence-electron chi connectivity index (χ1n) is 7.17. The lowest BCUT2D eigenvalue weighted by Gasteiger charge is -2.40. The summed E-state index contributed by atoms with van der Waals surface area (Å²) in [5.74, 6) is 0. The monoisotopic (exact) mass is 382 g/mol. The van der Waals surface area contributed by atoms with E-state index in [2.05, 4.69) is 76.4 Å². The first-order chi connectivity index (χ1) is 8.12. The third-order valence-corrected chi connectivity index (χ3v) is 5.56. The molecule has 0 aliphatic carbocycles. The maximum atomic E-state index is 5.93. The highest BCUT2D eigenvalue weighted by atomic mass is 127. The molecule has 1 atom stereocenters. The van der Waals surface area contributed by atoms with Crippen LogP contribution >= 0.6 is 22.6 Å². The molecule has 1 nitrogen and oxygen atoms in total. The highest BCUT2D eigenvalue weighted by Crippen LogP contribution is 2.45. The maximum absolute atomic E-state index is 5.93.